The molecule has 2 aromatic carbocycles. The Balaban J connectivity index is 1.78. The molecule has 10 heteroatoms. The Bertz CT molecular complexity index is 1140. The highest BCUT2D eigenvalue weighted by Crippen LogP contribution is 2.38. The topological polar surface area (TPSA) is 71.8 Å². The summed E-state index contributed by atoms with van der Waals surface area (Å²) in [7, 11) is 0. The standard InChI is InChI=1S/C21H18F3N5OS/c1-12-16(18(30)26-15-6-4-3-5-7-15)17(29-19(25-12)27-20(28-29)31-2)13-8-10-14(11-9-13)21(22,23)24/h3-11,17H,1-2H3,(H,26,30)(H,25,27,28)/t17-/m0/s1. The van der Waals surface area contributed by atoms with E-state index in [2.05, 4.69) is 20.7 Å². The summed E-state index contributed by atoms with van der Waals surface area (Å²) < 4.78 is 40.7. The molecule has 2 heterocycles. The van der Waals surface area contributed by atoms with Crippen LogP contribution in [0.2, 0.25) is 0 Å². The molecule has 1 amide bonds. The number of para-hydroxylation sites is 1. The minimum Gasteiger partial charge on any atom is -0.328 e. The van der Waals surface area contributed by atoms with Crippen molar-refractivity contribution in [3.05, 3.63) is 77.0 Å². The van der Waals surface area contributed by atoms with Crippen LogP contribution in [0.1, 0.15) is 24.1 Å². The van der Waals surface area contributed by atoms with Crippen molar-refractivity contribution in [3.63, 3.8) is 0 Å². The second kappa shape index (κ2) is 8.10. The summed E-state index contributed by atoms with van der Waals surface area (Å²) in [6.45, 7) is 1.73. The number of alkyl halides is 3. The van der Waals surface area contributed by atoms with Crippen LogP contribution < -0.4 is 10.6 Å². The molecule has 0 aliphatic carbocycles. The lowest BCUT2D eigenvalue weighted by Gasteiger charge is -2.28. The monoisotopic (exact) mass is 445 g/mol. The molecule has 0 saturated carbocycles. The minimum absolute atomic E-state index is 0.341. The Morgan fingerprint density at radius 2 is 1.81 bits per heavy atom. The molecule has 1 aliphatic heterocycles. The number of rotatable bonds is 4. The van der Waals surface area contributed by atoms with Crippen LogP contribution in [-0.4, -0.2) is 26.9 Å². The zero-order valence-corrected chi connectivity index (χ0v) is 17.4. The molecule has 0 spiro atoms. The van der Waals surface area contributed by atoms with Gasteiger partial charge in [-0.15, -0.1) is 5.10 Å². The first kappa shape index (κ1) is 21.0. The molecule has 0 fully saturated rings. The SMILES string of the molecule is CSc1nc2n(n1)[C@@H](c1ccc(C(F)(F)F)cc1)C(C(=O)Nc1ccccc1)=C(C)N2. The number of thioether (sulfide) groups is 1. The van der Waals surface area contributed by atoms with Gasteiger partial charge >= 0.3 is 6.18 Å². The van der Waals surface area contributed by atoms with Crippen LogP contribution in [0.5, 0.6) is 0 Å². The van der Waals surface area contributed by atoms with Crippen LogP contribution in [0.25, 0.3) is 0 Å². The van der Waals surface area contributed by atoms with E-state index in [0.717, 1.165) is 12.1 Å². The maximum atomic E-state index is 13.2. The molecule has 0 unspecified atom stereocenters. The first-order chi connectivity index (χ1) is 14.8. The second-order valence-electron chi connectivity index (χ2n) is 6.87. The smallest absolute Gasteiger partial charge is 0.328 e. The van der Waals surface area contributed by atoms with Gasteiger partial charge in [0.25, 0.3) is 5.91 Å². The van der Waals surface area contributed by atoms with Crippen LogP contribution in [0.15, 0.2) is 71.0 Å². The van der Waals surface area contributed by atoms with Crippen LogP contribution >= 0.6 is 11.8 Å². The van der Waals surface area contributed by atoms with Gasteiger partial charge in [-0.05, 0) is 43.0 Å². The number of halogens is 3. The van der Waals surface area contributed by atoms with Gasteiger partial charge in [0.05, 0.1) is 11.1 Å². The lowest BCUT2D eigenvalue weighted by atomic mass is 9.94. The molecular formula is C21H18F3N5OS. The average Bonchev–Trinajstić information content (AvgIpc) is 3.15. The van der Waals surface area contributed by atoms with Crippen molar-refractivity contribution in [3.8, 4) is 0 Å². The van der Waals surface area contributed by atoms with Crippen molar-refractivity contribution in [1.82, 2.24) is 14.8 Å². The molecule has 4 rings (SSSR count). The highest BCUT2D eigenvalue weighted by atomic mass is 32.2. The molecule has 1 aliphatic rings. The third-order valence-corrected chi connectivity index (χ3v) is 5.38. The quantitative estimate of drug-likeness (QED) is 0.557. The number of nitrogens with zero attached hydrogens (tertiary/aromatic N) is 3. The van der Waals surface area contributed by atoms with Gasteiger partial charge < -0.3 is 10.6 Å². The number of benzene rings is 2. The minimum atomic E-state index is -4.45. The summed E-state index contributed by atoms with van der Waals surface area (Å²) in [4.78, 5) is 17.6. The van der Waals surface area contributed by atoms with Crippen molar-refractivity contribution in [2.45, 2.75) is 24.3 Å². The lowest BCUT2D eigenvalue weighted by Crippen LogP contribution is -2.31. The van der Waals surface area contributed by atoms with Gasteiger partial charge in [0, 0.05) is 11.4 Å². The first-order valence-electron chi connectivity index (χ1n) is 9.30. The Hall–Kier alpha value is -3.27. The molecule has 0 radical (unpaired) electrons. The number of carbonyl (C=O) groups excluding carboxylic acids is 1. The van der Waals surface area contributed by atoms with Gasteiger partial charge in [-0.25, -0.2) is 4.68 Å². The van der Waals surface area contributed by atoms with E-state index in [4.69, 9.17) is 0 Å². The van der Waals surface area contributed by atoms with E-state index in [1.165, 1.54) is 28.6 Å². The Labute approximate surface area is 180 Å². The van der Waals surface area contributed by atoms with E-state index in [9.17, 15) is 18.0 Å². The molecule has 6 nitrogen and oxygen atoms in total. The largest absolute Gasteiger partial charge is 0.416 e. The molecule has 1 aromatic heterocycles. The van der Waals surface area contributed by atoms with Crippen LogP contribution in [-0.2, 0) is 11.0 Å². The van der Waals surface area contributed by atoms with E-state index < -0.39 is 17.8 Å². The van der Waals surface area contributed by atoms with Gasteiger partial charge in [-0.3, -0.25) is 4.79 Å². The highest BCUT2D eigenvalue weighted by Gasteiger charge is 2.35. The molecule has 0 bridgehead atoms. The fourth-order valence-electron chi connectivity index (χ4n) is 3.39. The first-order valence-corrected chi connectivity index (χ1v) is 10.5. The Kier molecular flexibility index (Phi) is 5.48. The van der Waals surface area contributed by atoms with E-state index in [0.29, 0.717) is 33.6 Å². The lowest BCUT2D eigenvalue weighted by molar-refractivity contribution is -0.137. The fraction of sp³-hybridized carbons (Fsp3) is 0.190. The molecule has 31 heavy (non-hydrogen) atoms. The number of anilines is 2. The van der Waals surface area contributed by atoms with Crippen LogP contribution in [0.3, 0.4) is 0 Å². The number of hydrogen-bond donors (Lipinski definition) is 2. The van der Waals surface area contributed by atoms with Gasteiger partial charge in [-0.1, -0.05) is 42.1 Å². The van der Waals surface area contributed by atoms with E-state index in [-0.39, 0.29) is 5.91 Å². The Morgan fingerprint density at radius 3 is 2.42 bits per heavy atom. The van der Waals surface area contributed by atoms with Crippen molar-refractivity contribution >= 4 is 29.3 Å². The van der Waals surface area contributed by atoms with E-state index in [1.54, 1.807) is 31.2 Å². The fourth-order valence-corrected chi connectivity index (χ4v) is 3.74. The molecule has 160 valence electrons. The maximum Gasteiger partial charge on any atom is 0.416 e. The summed E-state index contributed by atoms with van der Waals surface area (Å²) in [5, 5.41) is 10.9. The summed E-state index contributed by atoms with van der Waals surface area (Å²) in [5.74, 6) is 0.0379. The predicted molar refractivity (Wildman–Crippen MR) is 113 cm³/mol. The normalized spacial score (nSPS) is 16.0. The van der Waals surface area contributed by atoms with Gasteiger partial charge in [0.1, 0.15) is 6.04 Å². The van der Waals surface area contributed by atoms with Crippen molar-refractivity contribution in [1.29, 1.82) is 0 Å². The molecule has 2 N–H and O–H groups in total. The molecule has 3 aromatic rings. The maximum absolute atomic E-state index is 13.2. The van der Waals surface area contributed by atoms with Crippen molar-refractivity contribution in [2.75, 3.05) is 16.9 Å². The van der Waals surface area contributed by atoms with Crippen LogP contribution in [0.4, 0.5) is 24.8 Å². The number of carbonyl (C=O) groups is 1. The van der Waals surface area contributed by atoms with Crippen LogP contribution in [0, 0.1) is 0 Å². The van der Waals surface area contributed by atoms with Gasteiger partial charge in [0.2, 0.25) is 11.1 Å². The third kappa shape index (κ3) is 4.15. The Morgan fingerprint density at radius 1 is 1.13 bits per heavy atom. The van der Waals surface area contributed by atoms with Crippen molar-refractivity contribution < 1.29 is 18.0 Å². The van der Waals surface area contributed by atoms with Gasteiger partial charge in [-0.2, -0.15) is 18.2 Å². The molecule has 1 atom stereocenters. The van der Waals surface area contributed by atoms with Crippen molar-refractivity contribution in [2.24, 2.45) is 0 Å². The van der Waals surface area contributed by atoms with E-state index in [1.807, 2.05) is 12.3 Å². The summed E-state index contributed by atoms with van der Waals surface area (Å²) in [5.41, 5.74) is 1.23. The number of aromatic nitrogens is 3. The second-order valence-corrected chi connectivity index (χ2v) is 7.65. The predicted octanol–water partition coefficient (Wildman–Crippen LogP) is 4.95. The zero-order valence-electron chi connectivity index (χ0n) is 16.6. The zero-order chi connectivity index (χ0) is 22.2. The average molecular weight is 445 g/mol. The summed E-state index contributed by atoms with van der Waals surface area (Å²) >= 11 is 1.33. The summed E-state index contributed by atoms with van der Waals surface area (Å²) in [6, 6.07) is 12.9. The molecular weight excluding hydrogens is 427 g/mol. The highest BCUT2D eigenvalue weighted by molar-refractivity contribution is 7.98. The van der Waals surface area contributed by atoms with Gasteiger partial charge in [0.15, 0.2) is 0 Å². The number of allylic oxidation sites excluding steroid dienone is 1. The molecule has 0 saturated heterocycles. The summed E-state index contributed by atoms with van der Waals surface area (Å²) in [6.07, 6.45) is -2.63. The van der Waals surface area contributed by atoms with E-state index >= 15 is 0 Å². The third-order valence-electron chi connectivity index (χ3n) is 4.85. The number of fused-ring (bicyclic) bond motifs is 1. The number of hydrogen-bond acceptors (Lipinski definition) is 5. The number of nitrogens with one attached hydrogen (secondary N) is 2. The number of amides is 1.